The van der Waals surface area contributed by atoms with Gasteiger partial charge in [0.05, 0.1) is 6.04 Å². The SMILES string of the molecule is CC(N)CC(=O)NC(C)c1cccc(Cl)c1. The number of amides is 1. The first-order valence-electron chi connectivity index (χ1n) is 5.29. The number of halogens is 1. The molecule has 0 spiro atoms. The van der Waals surface area contributed by atoms with Crippen molar-refractivity contribution in [2.75, 3.05) is 0 Å². The van der Waals surface area contributed by atoms with Crippen molar-refractivity contribution in [2.45, 2.75) is 32.4 Å². The Morgan fingerprint density at radius 2 is 2.19 bits per heavy atom. The van der Waals surface area contributed by atoms with Gasteiger partial charge in [-0.25, -0.2) is 0 Å². The minimum absolute atomic E-state index is 0.0394. The van der Waals surface area contributed by atoms with Crippen LogP contribution in [0.25, 0.3) is 0 Å². The summed E-state index contributed by atoms with van der Waals surface area (Å²) in [7, 11) is 0. The van der Waals surface area contributed by atoms with E-state index in [1.54, 1.807) is 0 Å². The fourth-order valence-corrected chi connectivity index (χ4v) is 1.65. The molecule has 0 aliphatic rings. The van der Waals surface area contributed by atoms with Crippen LogP contribution >= 0.6 is 11.6 Å². The summed E-state index contributed by atoms with van der Waals surface area (Å²) in [5.41, 5.74) is 6.54. The molecule has 88 valence electrons. The lowest BCUT2D eigenvalue weighted by molar-refractivity contribution is -0.122. The molecule has 4 heteroatoms. The summed E-state index contributed by atoms with van der Waals surface area (Å²) in [6, 6.07) is 7.28. The highest BCUT2D eigenvalue weighted by Crippen LogP contribution is 2.17. The lowest BCUT2D eigenvalue weighted by Crippen LogP contribution is -2.31. The standard InChI is InChI=1S/C12H17ClN2O/c1-8(14)6-12(16)15-9(2)10-4-3-5-11(13)7-10/h3-5,7-9H,6,14H2,1-2H3,(H,15,16). The van der Waals surface area contributed by atoms with Crippen LogP contribution in [-0.4, -0.2) is 11.9 Å². The largest absolute Gasteiger partial charge is 0.350 e. The van der Waals surface area contributed by atoms with Crippen LogP contribution in [0.5, 0.6) is 0 Å². The van der Waals surface area contributed by atoms with Crippen molar-refractivity contribution in [3.63, 3.8) is 0 Å². The van der Waals surface area contributed by atoms with E-state index in [1.807, 2.05) is 38.1 Å². The maximum atomic E-state index is 11.5. The third-order valence-corrected chi connectivity index (χ3v) is 2.47. The van der Waals surface area contributed by atoms with Gasteiger partial charge in [0.25, 0.3) is 0 Å². The third-order valence-electron chi connectivity index (χ3n) is 2.23. The molecule has 1 aromatic rings. The second-order valence-electron chi connectivity index (χ2n) is 4.03. The molecule has 0 fully saturated rings. The Hall–Kier alpha value is -1.06. The van der Waals surface area contributed by atoms with Crippen LogP contribution in [0, 0.1) is 0 Å². The summed E-state index contributed by atoms with van der Waals surface area (Å²) < 4.78 is 0. The molecular weight excluding hydrogens is 224 g/mol. The van der Waals surface area contributed by atoms with Gasteiger partial charge in [0.1, 0.15) is 0 Å². The van der Waals surface area contributed by atoms with Gasteiger partial charge in [0.15, 0.2) is 0 Å². The molecule has 0 aliphatic heterocycles. The normalized spacial score (nSPS) is 14.2. The zero-order chi connectivity index (χ0) is 12.1. The number of carbonyl (C=O) groups excluding carboxylic acids is 1. The number of nitrogens with one attached hydrogen (secondary N) is 1. The monoisotopic (exact) mass is 240 g/mol. The third kappa shape index (κ3) is 4.21. The number of nitrogens with two attached hydrogens (primary N) is 1. The molecule has 0 saturated carbocycles. The van der Waals surface area contributed by atoms with E-state index in [0.29, 0.717) is 11.4 Å². The number of hydrogen-bond acceptors (Lipinski definition) is 2. The molecular formula is C12H17ClN2O. The number of benzene rings is 1. The molecule has 0 aliphatic carbocycles. The Bertz CT molecular complexity index is 366. The van der Waals surface area contributed by atoms with Gasteiger partial charge in [-0.3, -0.25) is 4.79 Å². The van der Waals surface area contributed by atoms with Crippen molar-refractivity contribution in [3.05, 3.63) is 34.9 Å². The summed E-state index contributed by atoms with van der Waals surface area (Å²) in [4.78, 5) is 11.5. The lowest BCUT2D eigenvalue weighted by atomic mass is 10.1. The van der Waals surface area contributed by atoms with E-state index in [1.165, 1.54) is 0 Å². The average molecular weight is 241 g/mol. The molecule has 2 unspecified atom stereocenters. The Morgan fingerprint density at radius 1 is 1.50 bits per heavy atom. The Labute approximate surface area is 101 Å². The van der Waals surface area contributed by atoms with Gasteiger partial charge in [-0.1, -0.05) is 23.7 Å². The van der Waals surface area contributed by atoms with Crippen LogP contribution in [0.15, 0.2) is 24.3 Å². The van der Waals surface area contributed by atoms with E-state index in [-0.39, 0.29) is 18.0 Å². The minimum atomic E-state index is -0.119. The quantitative estimate of drug-likeness (QED) is 0.848. The van der Waals surface area contributed by atoms with Crippen molar-refractivity contribution in [2.24, 2.45) is 5.73 Å². The van der Waals surface area contributed by atoms with Crippen LogP contribution in [0.3, 0.4) is 0 Å². The lowest BCUT2D eigenvalue weighted by Gasteiger charge is -2.15. The molecule has 3 nitrogen and oxygen atoms in total. The van der Waals surface area contributed by atoms with Crippen molar-refractivity contribution in [1.29, 1.82) is 0 Å². The van der Waals surface area contributed by atoms with Crippen LogP contribution < -0.4 is 11.1 Å². The number of carbonyl (C=O) groups is 1. The maximum absolute atomic E-state index is 11.5. The minimum Gasteiger partial charge on any atom is -0.350 e. The van der Waals surface area contributed by atoms with Crippen LogP contribution in [0.2, 0.25) is 5.02 Å². The average Bonchev–Trinajstić information content (AvgIpc) is 2.16. The van der Waals surface area contributed by atoms with Crippen LogP contribution in [-0.2, 0) is 4.79 Å². The van der Waals surface area contributed by atoms with Gasteiger partial charge in [0, 0.05) is 17.5 Å². The van der Waals surface area contributed by atoms with E-state index in [0.717, 1.165) is 5.56 Å². The molecule has 1 amide bonds. The molecule has 0 bridgehead atoms. The van der Waals surface area contributed by atoms with E-state index in [9.17, 15) is 4.79 Å². The maximum Gasteiger partial charge on any atom is 0.222 e. The van der Waals surface area contributed by atoms with E-state index >= 15 is 0 Å². The fourth-order valence-electron chi connectivity index (χ4n) is 1.45. The summed E-state index contributed by atoms with van der Waals surface area (Å²) >= 11 is 5.88. The van der Waals surface area contributed by atoms with E-state index in [2.05, 4.69) is 5.32 Å². The van der Waals surface area contributed by atoms with Gasteiger partial charge < -0.3 is 11.1 Å². The van der Waals surface area contributed by atoms with Gasteiger partial charge in [-0.05, 0) is 31.5 Å². The van der Waals surface area contributed by atoms with Crippen molar-refractivity contribution in [1.82, 2.24) is 5.32 Å². The molecule has 0 radical (unpaired) electrons. The second-order valence-corrected chi connectivity index (χ2v) is 4.46. The molecule has 0 aromatic heterocycles. The molecule has 16 heavy (non-hydrogen) atoms. The van der Waals surface area contributed by atoms with Gasteiger partial charge in [-0.2, -0.15) is 0 Å². The zero-order valence-electron chi connectivity index (χ0n) is 9.53. The Balaban J connectivity index is 2.58. The summed E-state index contributed by atoms with van der Waals surface area (Å²) in [5, 5.41) is 3.55. The highest BCUT2D eigenvalue weighted by atomic mass is 35.5. The van der Waals surface area contributed by atoms with Crippen molar-refractivity contribution < 1.29 is 4.79 Å². The highest BCUT2D eigenvalue weighted by Gasteiger charge is 2.10. The second kappa shape index (κ2) is 5.87. The molecule has 0 saturated heterocycles. The molecule has 0 heterocycles. The number of rotatable bonds is 4. The first kappa shape index (κ1) is 13.0. The first-order chi connectivity index (χ1) is 7.49. The van der Waals surface area contributed by atoms with Gasteiger partial charge in [-0.15, -0.1) is 0 Å². The topological polar surface area (TPSA) is 55.1 Å². The highest BCUT2D eigenvalue weighted by molar-refractivity contribution is 6.30. The fraction of sp³-hybridized carbons (Fsp3) is 0.417. The van der Waals surface area contributed by atoms with Gasteiger partial charge >= 0.3 is 0 Å². The predicted molar refractivity (Wildman–Crippen MR) is 66.3 cm³/mol. The zero-order valence-corrected chi connectivity index (χ0v) is 10.3. The van der Waals surface area contributed by atoms with Gasteiger partial charge in [0.2, 0.25) is 5.91 Å². The summed E-state index contributed by atoms with van der Waals surface area (Å²) in [5.74, 6) is -0.0394. The van der Waals surface area contributed by atoms with Crippen LogP contribution in [0.1, 0.15) is 31.9 Å². The van der Waals surface area contributed by atoms with Crippen LogP contribution in [0.4, 0.5) is 0 Å². The first-order valence-corrected chi connectivity index (χ1v) is 5.67. The Morgan fingerprint density at radius 3 is 2.75 bits per heavy atom. The van der Waals surface area contributed by atoms with E-state index in [4.69, 9.17) is 17.3 Å². The molecule has 1 aromatic carbocycles. The smallest absolute Gasteiger partial charge is 0.222 e. The summed E-state index contributed by atoms with van der Waals surface area (Å²) in [6.45, 7) is 3.73. The van der Waals surface area contributed by atoms with E-state index < -0.39 is 0 Å². The molecule has 2 atom stereocenters. The molecule has 3 N–H and O–H groups in total. The van der Waals surface area contributed by atoms with Crippen molar-refractivity contribution >= 4 is 17.5 Å². The van der Waals surface area contributed by atoms with Crippen molar-refractivity contribution in [3.8, 4) is 0 Å². The number of hydrogen-bond donors (Lipinski definition) is 2. The molecule has 1 rings (SSSR count). The Kier molecular flexibility index (Phi) is 4.77. The summed E-state index contributed by atoms with van der Waals surface area (Å²) in [6.07, 6.45) is 0.338. The predicted octanol–water partition coefficient (Wildman–Crippen LogP) is 2.25.